The summed E-state index contributed by atoms with van der Waals surface area (Å²) < 4.78 is 7.10. The van der Waals surface area contributed by atoms with Crippen molar-refractivity contribution in [2.75, 3.05) is 12.3 Å². The van der Waals surface area contributed by atoms with Crippen LogP contribution in [-0.4, -0.2) is 54.6 Å². The summed E-state index contributed by atoms with van der Waals surface area (Å²) >= 11 is 0. The highest BCUT2D eigenvalue weighted by atomic mass is 16.6. The van der Waals surface area contributed by atoms with E-state index in [2.05, 4.69) is 15.0 Å². The molecule has 20 heavy (non-hydrogen) atoms. The molecule has 3 rings (SSSR count). The van der Waals surface area contributed by atoms with E-state index in [1.165, 1.54) is 10.9 Å². The van der Waals surface area contributed by atoms with Gasteiger partial charge in [-0.1, -0.05) is 0 Å². The van der Waals surface area contributed by atoms with Gasteiger partial charge in [0, 0.05) is 6.54 Å². The summed E-state index contributed by atoms with van der Waals surface area (Å²) in [4.78, 5) is 12.3. The molecule has 0 amide bonds. The zero-order valence-electron chi connectivity index (χ0n) is 10.8. The monoisotopic (exact) mass is 280 g/mol. The van der Waals surface area contributed by atoms with Gasteiger partial charge >= 0.3 is 0 Å². The van der Waals surface area contributed by atoms with Crippen LogP contribution in [-0.2, 0) is 4.74 Å². The smallest absolute Gasteiger partial charge is 0.222 e. The molecule has 3 heterocycles. The standard InChI is InChI=1S/C11H16N6O3/c1-4-6-9(16-11(13)15-4)17(3-14-6)10-8(19)7(18)5(2-12)20-10/h3,5,7-8,10,18-19H,2,12H2,1H3,(H2,13,15,16)/t5-,7-,8-,10-/m1/s1. The van der Waals surface area contributed by atoms with Crippen LogP contribution in [0.15, 0.2) is 6.33 Å². The van der Waals surface area contributed by atoms with E-state index in [0.717, 1.165) is 0 Å². The molecule has 0 radical (unpaired) electrons. The number of ether oxygens (including phenoxy) is 1. The summed E-state index contributed by atoms with van der Waals surface area (Å²) in [6, 6.07) is 0. The number of anilines is 1. The number of aromatic nitrogens is 4. The minimum Gasteiger partial charge on any atom is -0.387 e. The van der Waals surface area contributed by atoms with Crippen molar-refractivity contribution < 1.29 is 14.9 Å². The van der Waals surface area contributed by atoms with E-state index in [1.807, 2.05) is 0 Å². The fourth-order valence-corrected chi connectivity index (χ4v) is 2.42. The van der Waals surface area contributed by atoms with Gasteiger partial charge in [-0.05, 0) is 6.92 Å². The number of aryl methyl sites for hydroxylation is 1. The van der Waals surface area contributed by atoms with Crippen molar-refractivity contribution in [1.29, 1.82) is 0 Å². The van der Waals surface area contributed by atoms with Crippen LogP contribution in [0.1, 0.15) is 11.9 Å². The zero-order chi connectivity index (χ0) is 14.4. The van der Waals surface area contributed by atoms with Gasteiger partial charge in [-0.25, -0.2) is 9.97 Å². The van der Waals surface area contributed by atoms with Crippen molar-refractivity contribution in [3.05, 3.63) is 12.0 Å². The van der Waals surface area contributed by atoms with Crippen molar-refractivity contribution in [1.82, 2.24) is 19.5 Å². The van der Waals surface area contributed by atoms with Crippen molar-refractivity contribution in [2.24, 2.45) is 5.73 Å². The molecule has 2 aromatic heterocycles. The number of nitrogens with two attached hydrogens (primary N) is 2. The van der Waals surface area contributed by atoms with E-state index in [1.54, 1.807) is 6.92 Å². The molecule has 9 nitrogen and oxygen atoms in total. The van der Waals surface area contributed by atoms with E-state index < -0.39 is 24.5 Å². The molecule has 0 aromatic carbocycles. The Hall–Kier alpha value is -1.81. The highest BCUT2D eigenvalue weighted by Crippen LogP contribution is 2.31. The summed E-state index contributed by atoms with van der Waals surface area (Å²) in [5.41, 5.74) is 12.8. The third kappa shape index (κ3) is 1.83. The summed E-state index contributed by atoms with van der Waals surface area (Å²) in [6.07, 6.45) is -2.13. The van der Waals surface area contributed by atoms with Crippen LogP contribution in [0.4, 0.5) is 5.95 Å². The molecule has 2 aromatic rings. The largest absolute Gasteiger partial charge is 0.387 e. The number of imidazole rings is 1. The molecule has 1 saturated heterocycles. The second-order valence-electron chi connectivity index (χ2n) is 4.77. The summed E-state index contributed by atoms with van der Waals surface area (Å²) in [5, 5.41) is 19.9. The number of hydrogen-bond acceptors (Lipinski definition) is 8. The van der Waals surface area contributed by atoms with Gasteiger partial charge < -0.3 is 26.4 Å². The Morgan fingerprint density at radius 3 is 2.75 bits per heavy atom. The molecule has 0 unspecified atom stereocenters. The number of aliphatic hydroxyl groups is 2. The topological polar surface area (TPSA) is 145 Å². The molecule has 0 bridgehead atoms. The van der Waals surface area contributed by atoms with Crippen molar-refractivity contribution in [2.45, 2.75) is 31.5 Å². The Labute approximate surface area is 114 Å². The summed E-state index contributed by atoms with van der Waals surface area (Å²) in [5.74, 6) is 0.111. The Bertz CT molecular complexity index is 644. The quantitative estimate of drug-likeness (QED) is 0.509. The second-order valence-corrected chi connectivity index (χ2v) is 4.77. The van der Waals surface area contributed by atoms with Gasteiger partial charge in [0.15, 0.2) is 11.9 Å². The van der Waals surface area contributed by atoms with Gasteiger partial charge in [0.1, 0.15) is 23.8 Å². The van der Waals surface area contributed by atoms with Crippen LogP contribution in [0.5, 0.6) is 0 Å². The van der Waals surface area contributed by atoms with Crippen LogP contribution in [0.25, 0.3) is 11.2 Å². The molecule has 1 fully saturated rings. The predicted molar refractivity (Wildman–Crippen MR) is 69.5 cm³/mol. The first-order valence-electron chi connectivity index (χ1n) is 6.21. The lowest BCUT2D eigenvalue weighted by molar-refractivity contribution is -0.0321. The predicted octanol–water partition coefficient (Wildman–Crippen LogP) is -1.71. The number of nitrogen functional groups attached to an aromatic ring is 1. The van der Waals surface area contributed by atoms with Gasteiger partial charge in [-0.3, -0.25) is 4.57 Å². The van der Waals surface area contributed by atoms with Crippen molar-refractivity contribution >= 4 is 17.1 Å². The average Bonchev–Trinajstić information content (AvgIpc) is 2.93. The van der Waals surface area contributed by atoms with Crippen LogP contribution in [0.3, 0.4) is 0 Å². The van der Waals surface area contributed by atoms with Crippen LogP contribution < -0.4 is 11.5 Å². The molecule has 0 saturated carbocycles. The van der Waals surface area contributed by atoms with E-state index in [4.69, 9.17) is 16.2 Å². The molecular weight excluding hydrogens is 264 g/mol. The molecule has 0 spiro atoms. The SMILES string of the molecule is Cc1nc(N)nc2c1ncn2[C@@H]1O[C@H](CN)[C@@H](O)[C@H]1O. The Morgan fingerprint density at radius 2 is 2.10 bits per heavy atom. The molecule has 1 aliphatic rings. The first-order chi connectivity index (χ1) is 9.52. The number of nitrogens with zero attached hydrogens (tertiary/aromatic N) is 4. The van der Waals surface area contributed by atoms with E-state index >= 15 is 0 Å². The first kappa shape index (κ1) is 13.2. The maximum atomic E-state index is 10.1. The number of aliphatic hydroxyl groups excluding tert-OH is 2. The van der Waals surface area contributed by atoms with Gasteiger partial charge in [-0.15, -0.1) is 0 Å². The zero-order valence-corrected chi connectivity index (χ0v) is 10.8. The Kier molecular flexibility index (Phi) is 3.05. The average molecular weight is 280 g/mol. The normalized spacial score (nSPS) is 30.2. The lowest BCUT2D eigenvalue weighted by Gasteiger charge is -2.16. The number of fused-ring (bicyclic) bond motifs is 1. The van der Waals surface area contributed by atoms with Crippen LogP contribution in [0, 0.1) is 6.92 Å². The third-order valence-corrected chi connectivity index (χ3v) is 3.46. The fourth-order valence-electron chi connectivity index (χ4n) is 2.42. The van der Waals surface area contributed by atoms with E-state index in [9.17, 15) is 10.2 Å². The highest BCUT2D eigenvalue weighted by molar-refractivity contribution is 5.74. The number of rotatable bonds is 2. The van der Waals surface area contributed by atoms with Gasteiger partial charge in [0.05, 0.1) is 12.0 Å². The van der Waals surface area contributed by atoms with Crippen LogP contribution >= 0.6 is 0 Å². The van der Waals surface area contributed by atoms with E-state index in [-0.39, 0.29) is 12.5 Å². The minimum absolute atomic E-state index is 0.109. The minimum atomic E-state index is -1.11. The molecule has 6 N–H and O–H groups in total. The summed E-state index contributed by atoms with van der Waals surface area (Å²) in [6.45, 7) is 1.87. The van der Waals surface area contributed by atoms with Crippen LogP contribution in [0.2, 0.25) is 0 Å². The number of hydrogen-bond donors (Lipinski definition) is 4. The fraction of sp³-hybridized carbons (Fsp3) is 0.545. The van der Waals surface area contributed by atoms with Gasteiger partial charge in [0.25, 0.3) is 0 Å². The molecule has 9 heteroatoms. The van der Waals surface area contributed by atoms with Crippen molar-refractivity contribution in [3.8, 4) is 0 Å². The maximum Gasteiger partial charge on any atom is 0.222 e. The molecule has 4 atom stereocenters. The highest BCUT2D eigenvalue weighted by Gasteiger charge is 2.43. The first-order valence-corrected chi connectivity index (χ1v) is 6.21. The van der Waals surface area contributed by atoms with Crippen molar-refractivity contribution in [3.63, 3.8) is 0 Å². The molecule has 108 valence electrons. The lowest BCUT2D eigenvalue weighted by Crippen LogP contribution is -2.35. The Balaban J connectivity index is 2.07. The Morgan fingerprint density at radius 1 is 1.35 bits per heavy atom. The lowest BCUT2D eigenvalue weighted by atomic mass is 10.1. The maximum absolute atomic E-state index is 10.1. The van der Waals surface area contributed by atoms with E-state index in [0.29, 0.717) is 16.9 Å². The molecular formula is C11H16N6O3. The molecule has 1 aliphatic heterocycles. The van der Waals surface area contributed by atoms with Gasteiger partial charge in [-0.2, -0.15) is 4.98 Å². The second kappa shape index (κ2) is 4.63. The van der Waals surface area contributed by atoms with Gasteiger partial charge in [0.2, 0.25) is 5.95 Å². The molecule has 0 aliphatic carbocycles. The third-order valence-electron chi connectivity index (χ3n) is 3.46. The summed E-state index contributed by atoms with van der Waals surface area (Å²) in [7, 11) is 0.